The molecule has 3 aromatic heterocycles. The molecule has 0 aliphatic carbocycles. The lowest BCUT2D eigenvalue weighted by Crippen LogP contribution is -2.50. The molecule has 13 nitrogen and oxygen atoms in total. The van der Waals surface area contributed by atoms with E-state index in [0.29, 0.717) is 55.4 Å². The van der Waals surface area contributed by atoms with Gasteiger partial charge in [0.25, 0.3) is 11.5 Å². The highest BCUT2D eigenvalue weighted by molar-refractivity contribution is 5.97. The first kappa shape index (κ1) is 22.4. The number of carbonyl (C=O) groups is 1. The van der Waals surface area contributed by atoms with Crippen LogP contribution in [0.2, 0.25) is 0 Å². The molecule has 3 aromatic rings. The summed E-state index contributed by atoms with van der Waals surface area (Å²) < 4.78 is 4.49. The van der Waals surface area contributed by atoms with Crippen LogP contribution in [0.1, 0.15) is 35.2 Å². The minimum absolute atomic E-state index is 0.0284. The van der Waals surface area contributed by atoms with E-state index in [1.54, 1.807) is 21.2 Å². The van der Waals surface area contributed by atoms with Crippen LogP contribution in [0, 0.1) is 24.0 Å². The van der Waals surface area contributed by atoms with Gasteiger partial charge in [0.1, 0.15) is 11.2 Å². The van der Waals surface area contributed by atoms with Crippen molar-refractivity contribution >= 4 is 28.6 Å². The monoisotopic (exact) mass is 457 g/mol. The van der Waals surface area contributed by atoms with E-state index in [2.05, 4.69) is 10.2 Å². The van der Waals surface area contributed by atoms with Crippen molar-refractivity contribution in [2.45, 2.75) is 33.7 Å². The SMILES string of the molecule is CCCn1c(N2CCN(C(=O)c3c([N+](=O)[O-])c(C)nn3C)CC2)nc2c(C)nn(C)c2c1=O. The molecule has 4 heterocycles. The van der Waals surface area contributed by atoms with Crippen molar-refractivity contribution in [1.29, 1.82) is 0 Å². The van der Waals surface area contributed by atoms with Crippen molar-refractivity contribution in [2.24, 2.45) is 14.1 Å². The second-order valence-corrected chi connectivity index (χ2v) is 8.22. The van der Waals surface area contributed by atoms with E-state index in [-0.39, 0.29) is 22.6 Å². The minimum atomic E-state index is -0.565. The molecule has 1 aliphatic rings. The van der Waals surface area contributed by atoms with Crippen LogP contribution in [0.25, 0.3) is 11.0 Å². The van der Waals surface area contributed by atoms with Gasteiger partial charge in [-0.1, -0.05) is 6.92 Å². The Labute approximate surface area is 189 Å². The molecule has 1 saturated heterocycles. The number of nitro groups is 1. The molecule has 1 fully saturated rings. The Hall–Kier alpha value is -3.77. The van der Waals surface area contributed by atoms with Gasteiger partial charge >= 0.3 is 5.69 Å². The number of nitrogens with zero attached hydrogens (tertiary/aromatic N) is 9. The van der Waals surface area contributed by atoms with Gasteiger partial charge in [-0.15, -0.1) is 0 Å². The first-order valence-electron chi connectivity index (χ1n) is 10.8. The first-order chi connectivity index (χ1) is 15.6. The van der Waals surface area contributed by atoms with E-state index in [1.807, 2.05) is 18.7 Å². The summed E-state index contributed by atoms with van der Waals surface area (Å²) >= 11 is 0. The standard InChI is InChI=1S/C20H27N9O4/c1-6-7-28-19(31)16-14(12(2)22-24(16)4)21-20(28)27-10-8-26(9-11-27)18(30)17-15(29(32)33)13(3)23-25(17)5/h6-11H2,1-5H3. The molecule has 4 rings (SSSR count). The average Bonchev–Trinajstić information content (AvgIpc) is 3.23. The number of hydrogen-bond acceptors (Lipinski definition) is 8. The van der Waals surface area contributed by atoms with E-state index in [4.69, 9.17) is 4.98 Å². The molecule has 0 atom stereocenters. The largest absolute Gasteiger partial charge is 0.339 e. The second-order valence-electron chi connectivity index (χ2n) is 8.22. The Balaban J connectivity index is 1.63. The highest BCUT2D eigenvalue weighted by atomic mass is 16.6. The Kier molecular flexibility index (Phi) is 5.64. The number of aryl methyl sites for hydroxylation is 4. The third kappa shape index (κ3) is 3.62. The van der Waals surface area contributed by atoms with E-state index < -0.39 is 10.8 Å². The van der Waals surface area contributed by atoms with Crippen LogP contribution >= 0.6 is 0 Å². The van der Waals surface area contributed by atoms with Gasteiger partial charge in [0.15, 0.2) is 5.52 Å². The molecule has 0 radical (unpaired) electrons. The molecule has 1 amide bonds. The summed E-state index contributed by atoms with van der Waals surface area (Å²) in [6.07, 6.45) is 0.763. The van der Waals surface area contributed by atoms with Gasteiger partial charge in [-0.25, -0.2) is 4.98 Å². The number of hydrogen-bond donors (Lipinski definition) is 0. The lowest BCUT2D eigenvalue weighted by Gasteiger charge is -2.36. The summed E-state index contributed by atoms with van der Waals surface area (Å²) in [6.45, 7) is 7.41. The highest BCUT2D eigenvalue weighted by Crippen LogP contribution is 2.25. The van der Waals surface area contributed by atoms with Crippen molar-refractivity contribution in [3.05, 3.63) is 37.5 Å². The third-order valence-corrected chi connectivity index (χ3v) is 5.96. The molecule has 0 aromatic carbocycles. The van der Waals surface area contributed by atoms with Crippen LogP contribution in [0.15, 0.2) is 4.79 Å². The van der Waals surface area contributed by atoms with Crippen LogP contribution in [-0.2, 0) is 20.6 Å². The molecule has 13 heteroatoms. The van der Waals surface area contributed by atoms with Gasteiger partial charge in [0, 0.05) is 46.8 Å². The number of carbonyl (C=O) groups excluding carboxylic acids is 1. The van der Waals surface area contributed by atoms with Crippen LogP contribution in [0.4, 0.5) is 11.6 Å². The Morgan fingerprint density at radius 1 is 1.06 bits per heavy atom. The summed E-state index contributed by atoms with van der Waals surface area (Å²) in [5.74, 6) is 0.127. The van der Waals surface area contributed by atoms with Crippen LogP contribution in [0.5, 0.6) is 0 Å². The van der Waals surface area contributed by atoms with Crippen LogP contribution in [0.3, 0.4) is 0 Å². The predicted octanol–water partition coefficient (Wildman–Crippen LogP) is 0.761. The van der Waals surface area contributed by atoms with Crippen molar-refractivity contribution in [3.63, 3.8) is 0 Å². The van der Waals surface area contributed by atoms with Crippen molar-refractivity contribution < 1.29 is 9.72 Å². The number of fused-ring (bicyclic) bond motifs is 1. The second kappa shape index (κ2) is 8.30. The molecule has 33 heavy (non-hydrogen) atoms. The molecule has 176 valence electrons. The van der Waals surface area contributed by atoms with E-state index in [0.717, 1.165) is 6.42 Å². The molecule has 0 saturated carbocycles. The van der Waals surface area contributed by atoms with Gasteiger partial charge in [0.2, 0.25) is 11.6 Å². The average molecular weight is 457 g/mol. The number of aromatic nitrogens is 6. The number of amides is 1. The van der Waals surface area contributed by atoms with E-state index in [9.17, 15) is 19.7 Å². The molecule has 0 unspecified atom stereocenters. The van der Waals surface area contributed by atoms with Crippen molar-refractivity contribution in [3.8, 4) is 0 Å². The minimum Gasteiger partial charge on any atom is -0.339 e. The van der Waals surface area contributed by atoms with Gasteiger partial charge < -0.3 is 9.80 Å². The molecular weight excluding hydrogens is 430 g/mol. The van der Waals surface area contributed by atoms with Gasteiger partial charge in [0.05, 0.1) is 10.6 Å². The number of piperazine rings is 1. The van der Waals surface area contributed by atoms with Crippen molar-refractivity contribution in [1.82, 2.24) is 34.0 Å². The summed E-state index contributed by atoms with van der Waals surface area (Å²) in [7, 11) is 3.26. The maximum absolute atomic E-state index is 13.2. The Bertz CT molecular complexity index is 1310. The Morgan fingerprint density at radius 2 is 1.70 bits per heavy atom. The maximum Gasteiger partial charge on any atom is 0.322 e. The number of anilines is 1. The normalized spacial score (nSPS) is 14.3. The molecule has 0 bridgehead atoms. The maximum atomic E-state index is 13.2. The van der Waals surface area contributed by atoms with E-state index in [1.165, 1.54) is 18.7 Å². The zero-order chi connectivity index (χ0) is 24.0. The quantitative estimate of drug-likeness (QED) is 0.404. The lowest BCUT2D eigenvalue weighted by atomic mass is 10.2. The fourth-order valence-corrected chi connectivity index (χ4v) is 4.43. The Morgan fingerprint density at radius 3 is 2.30 bits per heavy atom. The van der Waals surface area contributed by atoms with Gasteiger partial charge in [-0.3, -0.25) is 33.6 Å². The third-order valence-electron chi connectivity index (χ3n) is 5.96. The highest BCUT2D eigenvalue weighted by Gasteiger charge is 2.34. The molecule has 1 aliphatic heterocycles. The summed E-state index contributed by atoms with van der Waals surface area (Å²) in [5, 5.41) is 19.9. The lowest BCUT2D eigenvalue weighted by molar-refractivity contribution is -0.385. The van der Waals surface area contributed by atoms with Gasteiger partial charge in [-0.2, -0.15) is 10.2 Å². The van der Waals surface area contributed by atoms with Gasteiger partial charge in [-0.05, 0) is 20.3 Å². The predicted molar refractivity (Wildman–Crippen MR) is 121 cm³/mol. The smallest absolute Gasteiger partial charge is 0.322 e. The number of rotatable bonds is 5. The zero-order valence-electron chi connectivity index (χ0n) is 19.4. The molecule has 0 N–H and O–H groups in total. The fraction of sp³-hybridized carbons (Fsp3) is 0.550. The van der Waals surface area contributed by atoms with E-state index >= 15 is 0 Å². The fourth-order valence-electron chi connectivity index (χ4n) is 4.43. The van der Waals surface area contributed by atoms with Crippen LogP contribution < -0.4 is 10.5 Å². The molecule has 0 spiro atoms. The summed E-state index contributed by atoms with van der Waals surface area (Å²) in [6, 6.07) is 0. The van der Waals surface area contributed by atoms with Crippen LogP contribution in [-0.4, -0.2) is 71.0 Å². The summed E-state index contributed by atoms with van der Waals surface area (Å²) in [4.78, 5) is 45.6. The zero-order valence-corrected chi connectivity index (χ0v) is 19.4. The first-order valence-corrected chi connectivity index (χ1v) is 10.8. The summed E-state index contributed by atoms with van der Waals surface area (Å²) in [5.41, 5.74) is 1.50. The molecular formula is C20H27N9O4. The topological polar surface area (TPSA) is 137 Å². The van der Waals surface area contributed by atoms with Crippen molar-refractivity contribution in [2.75, 3.05) is 31.1 Å².